The van der Waals surface area contributed by atoms with E-state index in [1.165, 1.54) is 0 Å². The highest BCUT2D eigenvalue weighted by Gasteiger charge is 2.09. The van der Waals surface area contributed by atoms with Gasteiger partial charge in [0.1, 0.15) is 5.75 Å². The number of nitrogens with zero attached hydrogens (tertiary/aromatic N) is 2. The first-order valence-corrected chi connectivity index (χ1v) is 7.01. The van der Waals surface area contributed by atoms with Crippen LogP contribution in [-0.4, -0.2) is 23.2 Å². The molecule has 0 atom stereocenters. The summed E-state index contributed by atoms with van der Waals surface area (Å²) >= 11 is 0. The molecule has 1 heterocycles. The Morgan fingerprint density at radius 2 is 1.91 bits per heavy atom. The summed E-state index contributed by atoms with van der Waals surface area (Å²) in [6.45, 7) is 1.74. The Hall–Kier alpha value is -3.15. The Bertz CT molecular complexity index is 825. The van der Waals surface area contributed by atoms with E-state index in [-0.39, 0.29) is 5.91 Å². The minimum absolute atomic E-state index is 0.203. The van der Waals surface area contributed by atoms with Gasteiger partial charge in [0.25, 0.3) is 5.91 Å². The monoisotopic (exact) mass is 309 g/mol. The molecule has 116 valence electrons. The molecule has 0 aliphatic heterocycles. The average Bonchev–Trinajstić information content (AvgIpc) is 3.02. The van der Waals surface area contributed by atoms with E-state index in [4.69, 9.17) is 9.15 Å². The number of rotatable bonds is 4. The van der Waals surface area contributed by atoms with E-state index < -0.39 is 0 Å². The van der Waals surface area contributed by atoms with Crippen molar-refractivity contribution < 1.29 is 13.9 Å². The van der Waals surface area contributed by atoms with E-state index >= 15 is 0 Å². The molecule has 3 rings (SSSR count). The molecule has 0 aliphatic carbocycles. The standard InChI is InChI=1S/C17H15N3O3/c1-11-19-20-17(23-11)12-6-8-14(9-7-12)18-16(21)13-4-3-5-15(10-13)22-2/h3-10H,1-2H3,(H,18,21). The third-order valence-electron chi connectivity index (χ3n) is 3.25. The zero-order valence-electron chi connectivity index (χ0n) is 12.7. The van der Waals surface area contributed by atoms with Crippen molar-refractivity contribution in [1.29, 1.82) is 0 Å². The lowest BCUT2D eigenvalue weighted by Crippen LogP contribution is -2.11. The molecule has 1 aromatic heterocycles. The number of aryl methyl sites for hydroxylation is 1. The number of nitrogens with one attached hydrogen (secondary N) is 1. The second kappa shape index (κ2) is 6.31. The predicted molar refractivity (Wildman–Crippen MR) is 85.4 cm³/mol. The maximum atomic E-state index is 12.2. The fourth-order valence-electron chi connectivity index (χ4n) is 2.08. The summed E-state index contributed by atoms with van der Waals surface area (Å²) < 4.78 is 10.5. The van der Waals surface area contributed by atoms with Gasteiger partial charge in [-0.25, -0.2) is 0 Å². The topological polar surface area (TPSA) is 77.2 Å². The van der Waals surface area contributed by atoms with Gasteiger partial charge in [0.2, 0.25) is 11.8 Å². The van der Waals surface area contributed by atoms with Crippen molar-refractivity contribution in [3.8, 4) is 17.2 Å². The van der Waals surface area contributed by atoms with E-state index in [9.17, 15) is 4.79 Å². The van der Waals surface area contributed by atoms with Gasteiger partial charge < -0.3 is 14.5 Å². The third kappa shape index (κ3) is 3.37. The van der Waals surface area contributed by atoms with E-state index in [2.05, 4.69) is 15.5 Å². The molecular weight excluding hydrogens is 294 g/mol. The van der Waals surface area contributed by atoms with E-state index in [1.807, 2.05) is 12.1 Å². The second-order valence-corrected chi connectivity index (χ2v) is 4.89. The van der Waals surface area contributed by atoms with Crippen molar-refractivity contribution in [2.45, 2.75) is 6.92 Å². The van der Waals surface area contributed by atoms with Crippen LogP contribution in [0.4, 0.5) is 5.69 Å². The Morgan fingerprint density at radius 1 is 1.13 bits per heavy atom. The van der Waals surface area contributed by atoms with Crippen molar-refractivity contribution in [2.24, 2.45) is 0 Å². The van der Waals surface area contributed by atoms with E-state index in [1.54, 1.807) is 50.4 Å². The minimum Gasteiger partial charge on any atom is -0.497 e. The maximum absolute atomic E-state index is 12.2. The third-order valence-corrected chi connectivity index (χ3v) is 3.25. The van der Waals surface area contributed by atoms with E-state index in [0.717, 1.165) is 5.56 Å². The number of hydrogen-bond donors (Lipinski definition) is 1. The van der Waals surface area contributed by atoms with Gasteiger partial charge in [0, 0.05) is 23.7 Å². The molecule has 6 nitrogen and oxygen atoms in total. The largest absolute Gasteiger partial charge is 0.497 e. The highest BCUT2D eigenvalue weighted by atomic mass is 16.5. The quantitative estimate of drug-likeness (QED) is 0.800. The fourth-order valence-corrected chi connectivity index (χ4v) is 2.08. The first-order valence-electron chi connectivity index (χ1n) is 7.01. The molecule has 0 unspecified atom stereocenters. The highest BCUT2D eigenvalue weighted by molar-refractivity contribution is 6.04. The molecule has 0 aliphatic rings. The Morgan fingerprint density at radius 3 is 2.57 bits per heavy atom. The predicted octanol–water partition coefficient (Wildman–Crippen LogP) is 3.31. The summed E-state index contributed by atoms with van der Waals surface area (Å²) in [5.74, 6) is 1.40. The molecule has 2 aromatic carbocycles. The molecule has 3 aromatic rings. The van der Waals surface area contributed by atoms with Crippen LogP contribution < -0.4 is 10.1 Å². The summed E-state index contributed by atoms with van der Waals surface area (Å²) in [5.41, 5.74) is 2.00. The van der Waals surface area contributed by atoms with Crippen LogP contribution in [0.1, 0.15) is 16.2 Å². The summed E-state index contributed by atoms with van der Waals surface area (Å²) in [5, 5.41) is 10.6. The number of hydrogen-bond acceptors (Lipinski definition) is 5. The first-order chi connectivity index (χ1) is 11.2. The summed E-state index contributed by atoms with van der Waals surface area (Å²) in [7, 11) is 1.56. The molecule has 1 amide bonds. The molecule has 0 saturated carbocycles. The van der Waals surface area contributed by atoms with Crippen molar-refractivity contribution in [1.82, 2.24) is 10.2 Å². The number of amides is 1. The number of benzene rings is 2. The Balaban J connectivity index is 1.73. The van der Waals surface area contributed by atoms with Crippen LogP contribution in [0, 0.1) is 6.92 Å². The lowest BCUT2D eigenvalue weighted by Gasteiger charge is -2.07. The summed E-state index contributed by atoms with van der Waals surface area (Å²) in [6, 6.07) is 14.2. The Kier molecular flexibility index (Phi) is 4.05. The maximum Gasteiger partial charge on any atom is 0.255 e. The van der Waals surface area contributed by atoms with Crippen LogP contribution >= 0.6 is 0 Å². The van der Waals surface area contributed by atoms with Crippen LogP contribution in [0.15, 0.2) is 52.9 Å². The van der Waals surface area contributed by atoms with Gasteiger partial charge in [-0.15, -0.1) is 10.2 Å². The normalized spacial score (nSPS) is 10.3. The summed E-state index contributed by atoms with van der Waals surface area (Å²) in [4.78, 5) is 12.2. The number of methoxy groups -OCH3 is 1. The molecule has 0 fully saturated rings. The zero-order valence-corrected chi connectivity index (χ0v) is 12.7. The van der Waals surface area contributed by atoms with Gasteiger partial charge in [0.05, 0.1) is 7.11 Å². The zero-order chi connectivity index (χ0) is 16.2. The van der Waals surface area contributed by atoms with Gasteiger partial charge >= 0.3 is 0 Å². The van der Waals surface area contributed by atoms with Crippen molar-refractivity contribution in [2.75, 3.05) is 12.4 Å². The smallest absolute Gasteiger partial charge is 0.255 e. The fraction of sp³-hybridized carbons (Fsp3) is 0.118. The van der Waals surface area contributed by atoms with Gasteiger partial charge in [-0.05, 0) is 42.5 Å². The highest BCUT2D eigenvalue weighted by Crippen LogP contribution is 2.21. The van der Waals surface area contributed by atoms with Crippen LogP contribution in [-0.2, 0) is 0 Å². The molecule has 0 bridgehead atoms. The van der Waals surface area contributed by atoms with Crippen molar-refractivity contribution >= 4 is 11.6 Å². The van der Waals surface area contributed by atoms with Gasteiger partial charge in [-0.2, -0.15) is 0 Å². The molecular formula is C17H15N3O3. The van der Waals surface area contributed by atoms with Crippen LogP contribution in [0.2, 0.25) is 0 Å². The van der Waals surface area contributed by atoms with Crippen molar-refractivity contribution in [3.05, 3.63) is 60.0 Å². The molecule has 23 heavy (non-hydrogen) atoms. The number of anilines is 1. The van der Waals surface area contributed by atoms with Gasteiger partial charge in [0.15, 0.2) is 0 Å². The van der Waals surface area contributed by atoms with Crippen molar-refractivity contribution in [3.63, 3.8) is 0 Å². The SMILES string of the molecule is COc1cccc(C(=O)Nc2ccc(-c3nnc(C)o3)cc2)c1. The van der Waals surface area contributed by atoms with Crippen LogP contribution in [0.25, 0.3) is 11.5 Å². The van der Waals surface area contributed by atoms with Gasteiger partial charge in [-0.3, -0.25) is 4.79 Å². The van der Waals surface area contributed by atoms with Crippen LogP contribution in [0.5, 0.6) is 5.75 Å². The number of ether oxygens (including phenoxy) is 1. The number of carbonyl (C=O) groups is 1. The minimum atomic E-state index is -0.203. The molecule has 0 spiro atoms. The number of aromatic nitrogens is 2. The molecule has 6 heteroatoms. The summed E-state index contributed by atoms with van der Waals surface area (Å²) in [6.07, 6.45) is 0. The first kappa shape index (κ1) is 14.8. The van der Waals surface area contributed by atoms with E-state index in [0.29, 0.717) is 28.8 Å². The Labute approximate surface area is 133 Å². The lowest BCUT2D eigenvalue weighted by molar-refractivity contribution is 0.102. The lowest BCUT2D eigenvalue weighted by atomic mass is 10.1. The number of carbonyl (C=O) groups excluding carboxylic acids is 1. The average molecular weight is 309 g/mol. The molecule has 1 N–H and O–H groups in total. The van der Waals surface area contributed by atoms with Crippen LogP contribution in [0.3, 0.4) is 0 Å². The molecule has 0 radical (unpaired) electrons. The molecule has 0 saturated heterocycles. The second-order valence-electron chi connectivity index (χ2n) is 4.89. The van der Waals surface area contributed by atoms with Gasteiger partial charge in [-0.1, -0.05) is 6.07 Å².